The summed E-state index contributed by atoms with van der Waals surface area (Å²) in [6, 6.07) is 7.96. The lowest BCUT2D eigenvalue weighted by atomic mass is 10.0. The topological polar surface area (TPSA) is 42.9 Å². The number of rotatable bonds is 4. The summed E-state index contributed by atoms with van der Waals surface area (Å²) in [5, 5.41) is 3.97. The molecule has 0 aliphatic heterocycles. The summed E-state index contributed by atoms with van der Waals surface area (Å²) < 4.78 is 3.85. The number of hydrogen-bond acceptors (Lipinski definition) is 4. The molecule has 0 fully saturated rings. The van der Waals surface area contributed by atoms with Gasteiger partial charge in [0, 0.05) is 6.42 Å². The number of ketones is 1. The second-order valence-corrected chi connectivity index (χ2v) is 4.68. The molecule has 0 spiro atoms. The monoisotopic (exact) mass is 246 g/mol. The highest BCUT2D eigenvalue weighted by molar-refractivity contribution is 7.08. The Balaban J connectivity index is 2.20. The zero-order chi connectivity index (χ0) is 12.3. The highest BCUT2D eigenvalue weighted by Crippen LogP contribution is 2.16. The lowest BCUT2D eigenvalue weighted by Gasteiger charge is -2.03. The average Bonchev–Trinajstić information content (AvgIpc) is 2.80. The molecule has 3 nitrogen and oxygen atoms in total. The van der Waals surface area contributed by atoms with Crippen molar-refractivity contribution in [2.75, 3.05) is 0 Å². The molecule has 1 aromatic heterocycles. The minimum absolute atomic E-state index is 0.117. The largest absolute Gasteiger partial charge is 0.293 e. The molecule has 0 aliphatic rings. The van der Waals surface area contributed by atoms with Crippen molar-refractivity contribution in [3.05, 3.63) is 46.0 Å². The standard InChI is InChI=1S/C13H14N2OS/c1-3-11-13(17-15-14-11)12(16)8-10-7-5-4-6-9(10)2/h4-7H,3,8H2,1-2H3. The second-order valence-electron chi connectivity index (χ2n) is 3.93. The van der Waals surface area contributed by atoms with Gasteiger partial charge in [-0.25, -0.2) is 0 Å². The van der Waals surface area contributed by atoms with Crippen molar-refractivity contribution in [1.82, 2.24) is 9.59 Å². The summed E-state index contributed by atoms with van der Waals surface area (Å²) >= 11 is 1.20. The van der Waals surface area contributed by atoms with E-state index in [0.717, 1.165) is 23.2 Å². The lowest BCUT2D eigenvalue weighted by molar-refractivity contribution is 0.0995. The Morgan fingerprint density at radius 2 is 2.12 bits per heavy atom. The van der Waals surface area contributed by atoms with Crippen LogP contribution in [0.25, 0.3) is 0 Å². The van der Waals surface area contributed by atoms with E-state index in [-0.39, 0.29) is 5.78 Å². The van der Waals surface area contributed by atoms with Gasteiger partial charge in [-0.15, -0.1) is 5.10 Å². The van der Waals surface area contributed by atoms with Crippen molar-refractivity contribution in [2.45, 2.75) is 26.7 Å². The van der Waals surface area contributed by atoms with Crippen molar-refractivity contribution < 1.29 is 4.79 Å². The summed E-state index contributed by atoms with van der Waals surface area (Å²) in [4.78, 5) is 12.8. The Morgan fingerprint density at radius 1 is 1.35 bits per heavy atom. The molecule has 0 aliphatic carbocycles. The van der Waals surface area contributed by atoms with E-state index in [9.17, 15) is 4.79 Å². The van der Waals surface area contributed by atoms with Gasteiger partial charge in [0.15, 0.2) is 5.78 Å². The average molecular weight is 246 g/mol. The molecule has 0 saturated carbocycles. The van der Waals surface area contributed by atoms with E-state index in [1.165, 1.54) is 11.5 Å². The summed E-state index contributed by atoms with van der Waals surface area (Å²) in [5.41, 5.74) is 3.04. The first-order valence-electron chi connectivity index (χ1n) is 5.61. The Labute approximate surface area is 105 Å². The van der Waals surface area contributed by atoms with E-state index in [0.29, 0.717) is 11.3 Å². The minimum Gasteiger partial charge on any atom is -0.293 e. The molecule has 0 N–H and O–H groups in total. The molecular formula is C13H14N2OS. The number of aromatic nitrogens is 2. The van der Waals surface area contributed by atoms with Gasteiger partial charge >= 0.3 is 0 Å². The van der Waals surface area contributed by atoms with Crippen LogP contribution in [0.5, 0.6) is 0 Å². The molecule has 0 saturated heterocycles. The van der Waals surface area contributed by atoms with Crippen LogP contribution in [-0.4, -0.2) is 15.4 Å². The molecule has 0 unspecified atom stereocenters. The third kappa shape index (κ3) is 2.58. The Hall–Kier alpha value is -1.55. The fourth-order valence-corrected chi connectivity index (χ4v) is 2.40. The number of aryl methyl sites for hydroxylation is 2. The predicted octanol–water partition coefficient (Wildman–Crippen LogP) is 2.83. The first-order valence-corrected chi connectivity index (χ1v) is 6.38. The molecule has 2 rings (SSSR count). The normalized spacial score (nSPS) is 10.5. The number of nitrogens with zero attached hydrogens (tertiary/aromatic N) is 2. The van der Waals surface area contributed by atoms with E-state index in [4.69, 9.17) is 0 Å². The Morgan fingerprint density at radius 3 is 2.82 bits per heavy atom. The van der Waals surface area contributed by atoms with Gasteiger partial charge in [-0.3, -0.25) is 4.79 Å². The zero-order valence-corrected chi connectivity index (χ0v) is 10.8. The number of Topliss-reactive ketones (excluding diaryl/α,β-unsaturated/α-hetero) is 1. The van der Waals surface area contributed by atoms with Gasteiger partial charge in [0.1, 0.15) is 4.88 Å². The van der Waals surface area contributed by atoms with Crippen LogP contribution in [0, 0.1) is 6.92 Å². The first-order chi connectivity index (χ1) is 8.22. The zero-order valence-electron chi connectivity index (χ0n) is 9.93. The summed E-state index contributed by atoms with van der Waals surface area (Å²) in [6.07, 6.45) is 1.19. The maximum atomic E-state index is 12.1. The Bertz CT molecular complexity index is 534. The smallest absolute Gasteiger partial charge is 0.180 e. The maximum Gasteiger partial charge on any atom is 0.180 e. The van der Waals surface area contributed by atoms with Crippen LogP contribution in [0.2, 0.25) is 0 Å². The van der Waals surface area contributed by atoms with Gasteiger partial charge < -0.3 is 0 Å². The molecule has 0 amide bonds. The van der Waals surface area contributed by atoms with E-state index in [1.807, 2.05) is 38.1 Å². The fraction of sp³-hybridized carbons (Fsp3) is 0.308. The van der Waals surface area contributed by atoms with Gasteiger partial charge in [-0.2, -0.15) is 0 Å². The molecule has 1 heterocycles. The maximum absolute atomic E-state index is 12.1. The predicted molar refractivity (Wildman–Crippen MR) is 68.5 cm³/mol. The SMILES string of the molecule is CCc1nnsc1C(=O)Cc1ccccc1C. The molecular weight excluding hydrogens is 232 g/mol. The van der Waals surface area contributed by atoms with Crippen molar-refractivity contribution in [3.8, 4) is 0 Å². The van der Waals surface area contributed by atoms with Gasteiger partial charge in [-0.05, 0) is 36.0 Å². The first kappa shape index (κ1) is 11.9. The van der Waals surface area contributed by atoms with Crippen LogP contribution < -0.4 is 0 Å². The van der Waals surface area contributed by atoms with Crippen LogP contribution >= 0.6 is 11.5 Å². The quantitative estimate of drug-likeness (QED) is 0.779. The number of carbonyl (C=O) groups excluding carboxylic acids is 1. The summed E-state index contributed by atoms with van der Waals surface area (Å²) in [5.74, 6) is 0.117. The van der Waals surface area contributed by atoms with Crippen molar-refractivity contribution in [2.24, 2.45) is 0 Å². The molecule has 2 aromatic rings. The summed E-state index contributed by atoms with van der Waals surface area (Å²) in [6.45, 7) is 4.01. The molecule has 0 radical (unpaired) electrons. The van der Waals surface area contributed by atoms with Gasteiger partial charge in [0.25, 0.3) is 0 Å². The highest BCUT2D eigenvalue weighted by atomic mass is 32.1. The summed E-state index contributed by atoms with van der Waals surface area (Å²) in [7, 11) is 0. The van der Waals surface area contributed by atoms with Crippen molar-refractivity contribution in [3.63, 3.8) is 0 Å². The van der Waals surface area contributed by atoms with Crippen LogP contribution in [-0.2, 0) is 12.8 Å². The number of carbonyl (C=O) groups is 1. The van der Waals surface area contributed by atoms with E-state index in [1.54, 1.807) is 0 Å². The fourth-order valence-electron chi connectivity index (χ4n) is 1.71. The molecule has 88 valence electrons. The molecule has 17 heavy (non-hydrogen) atoms. The van der Waals surface area contributed by atoms with Gasteiger partial charge in [0.2, 0.25) is 0 Å². The van der Waals surface area contributed by atoms with Gasteiger partial charge in [0.05, 0.1) is 5.69 Å². The molecule has 0 bridgehead atoms. The lowest BCUT2D eigenvalue weighted by Crippen LogP contribution is -2.05. The third-order valence-corrected chi connectivity index (χ3v) is 3.57. The van der Waals surface area contributed by atoms with Crippen LogP contribution in [0.15, 0.2) is 24.3 Å². The van der Waals surface area contributed by atoms with E-state index in [2.05, 4.69) is 9.59 Å². The molecule has 0 atom stereocenters. The van der Waals surface area contributed by atoms with Crippen molar-refractivity contribution in [1.29, 1.82) is 0 Å². The van der Waals surface area contributed by atoms with Gasteiger partial charge in [-0.1, -0.05) is 35.7 Å². The molecule has 4 heteroatoms. The highest BCUT2D eigenvalue weighted by Gasteiger charge is 2.15. The Kier molecular flexibility index (Phi) is 3.64. The van der Waals surface area contributed by atoms with E-state index >= 15 is 0 Å². The van der Waals surface area contributed by atoms with E-state index < -0.39 is 0 Å². The van der Waals surface area contributed by atoms with Crippen LogP contribution in [0.1, 0.15) is 33.4 Å². The second kappa shape index (κ2) is 5.19. The van der Waals surface area contributed by atoms with Crippen molar-refractivity contribution >= 4 is 17.3 Å². The van der Waals surface area contributed by atoms with Crippen LogP contribution in [0.4, 0.5) is 0 Å². The minimum atomic E-state index is 0.117. The van der Waals surface area contributed by atoms with Crippen LogP contribution in [0.3, 0.4) is 0 Å². The number of hydrogen-bond donors (Lipinski definition) is 0. The number of benzene rings is 1. The molecule has 1 aromatic carbocycles. The third-order valence-electron chi connectivity index (χ3n) is 2.76.